The summed E-state index contributed by atoms with van der Waals surface area (Å²) in [4.78, 5) is 14.7. The standard InChI is InChI=1S/C17H18N2O2/c1-11-6-7-15-13(10-11)16(18-21-15)17(20)19-9-8-12-4-2-3-5-14(12)19/h2-5,11H,6-10H2,1H3. The van der Waals surface area contributed by atoms with Gasteiger partial charge in [-0.2, -0.15) is 0 Å². The quantitative estimate of drug-likeness (QED) is 0.807. The van der Waals surface area contributed by atoms with Crippen molar-refractivity contribution in [2.24, 2.45) is 5.92 Å². The van der Waals surface area contributed by atoms with E-state index < -0.39 is 0 Å². The van der Waals surface area contributed by atoms with Gasteiger partial charge in [0.25, 0.3) is 5.91 Å². The van der Waals surface area contributed by atoms with E-state index in [1.807, 2.05) is 23.1 Å². The van der Waals surface area contributed by atoms with Crippen LogP contribution in [0.4, 0.5) is 5.69 Å². The van der Waals surface area contributed by atoms with Gasteiger partial charge in [-0.25, -0.2) is 0 Å². The van der Waals surface area contributed by atoms with Crippen molar-refractivity contribution in [3.8, 4) is 0 Å². The summed E-state index contributed by atoms with van der Waals surface area (Å²) in [5, 5.41) is 4.08. The van der Waals surface area contributed by atoms with Crippen LogP contribution in [0.15, 0.2) is 28.8 Å². The van der Waals surface area contributed by atoms with E-state index in [9.17, 15) is 4.79 Å². The number of para-hydroxylation sites is 1. The Morgan fingerprint density at radius 2 is 2.19 bits per heavy atom. The molecule has 0 saturated heterocycles. The first-order valence-electron chi connectivity index (χ1n) is 7.61. The highest BCUT2D eigenvalue weighted by Crippen LogP contribution is 2.32. The van der Waals surface area contributed by atoms with E-state index in [0.29, 0.717) is 11.6 Å². The Bertz CT molecular complexity index is 705. The predicted molar refractivity (Wildman–Crippen MR) is 79.5 cm³/mol. The van der Waals surface area contributed by atoms with Gasteiger partial charge in [0.15, 0.2) is 5.69 Å². The lowest BCUT2D eigenvalue weighted by Gasteiger charge is -2.19. The summed E-state index contributed by atoms with van der Waals surface area (Å²) in [6.45, 7) is 2.95. The number of rotatable bonds is 1. The number of aryl methyl sites for hydroxylation is 1. The number of nitrogens with zero attached hydrogens (tertiary/aromatic N) is 2. The van der Waals surface area contributed by atoms with Crippen molar-refractivity contribution in [2.75, 3.05) is 11.4 Å². The van der Waals surface area contributed by atoms with Crippen molar-refractivity contribution in [1.29, 1.82) is 0 Å². The van der Waals surface area contributed by atoms with E-state index in [4.69, 9.17) is 4.52 Å². The zero-order valence-electron chi connectivity index (χ0n) is 12.1. The second-order valence-electron chi connectivity index (χ2n) is 6.12. The summed E-state index contributed by atoms with van der Waals surface area (Å²) in [5.74, 6) is 1.48. The van der Waals surface area contributed by atoms with Crippen LogP contribution in [0.2, 0.25) is 0 Å². The molecule has 0 fully saturated rings. The molecule has 0 spiro atoms. The molecule has 1 aromatic heterocycles. The number of benzene rings is 1. The Hall–Kier alpha value is -2.10. The smallest absolute Gasteiger partial charge is 0.280 e. The van der Waals surface area contributed by atoms with Gasteiger partial charge in [0.1, 0.15) is 5.76 Å². The fourth-order valence-corrected chi connectivity index (χ4v) is 3.42. The van der Waals surface area contributed by atoms with Crippen LogP contribution in [0, 0.1) is 5.92 Å². The van der Waals surface area contributed by atoms with Crippen molar-refractivity contribution < 1.29 is 9.32 Å². The van der Waals surface area contributed by atoms with Crippen LogP contribution < -0.4 is 4.90 Å². The Labute approximate surface area is 123 Å². The lowest BCUT2D eigenvalue weighted by Crippen LogP contribution is -2.30. The maximum atomic E-state index is 12.9. The molecule has 4 nitrogen and oxygen atoms in total. The van der Waals surface area contributed by atoms with Crippen molar-refractivity contribution in [1.82, 2.24) is 5.16 Å². The first-order valence-corrected chi connectivity index (χ1v) is 7.61. The van der Waals surface area contributed by atoms with Gasteiger partial charge >= 0.3 is 0 Å². The minimum absolute atomic E-state index is 0.0148. The Morgan fingerprint density at radius 1 is 1.33 bits per heavy atom. The van der Waals surface area contributed by atoms with E-state index in [0.717, 1.165) is 49.2 Å². The molecule has 0 saturated carbocycles. The van der Waals surface area contributed by atoms with Gasteiger partial charge in [0.2, 0.25) is 0 Å². The molecular weight excluding hydrogens is 264 g/mol. The molecule has 1 atom stereocenters. The number of fused-ring (bicyclic) bond motifs is 2. The lowest BCUT2D eigenvalue weighted by molar-refractivity contribution is 0.0980. The molecule has 0 bridgehead atoms. The summed E-state index contributed by atoms with van der Waals surface area (Å²) < 4.78 is 5.41. The van der Waals surface area contributed by atoms with Crippen molar-refractivity contribution >= 4 is 11.6 Å². The Morgan fingerprint density at radius 3 is 3.10 bits per heavy atom. The van der Waals surface area contributed by atoms with E-state index in [1.165, 1.54) is 5.56 Å². The van der Waals surface area contributed by atoms with E-state index in [1.54, 1.807) is 0 Å². The molecule has 1 aliphatic carbocycles. The van der Waals surface area contributed by atoms with Crippen LogP contribution in [-0.2, 0) is 19.3 Å². The molecule has 108 valence electrons. The number of hydrogen-bond acceptors (Lipinski definition) is 3. The summed E-state index contributed by atoms with van der Waals surface area (Å²) >= 11 is 0. The van der Waals surface area contributed by atoms with Gasteiger partial charge in [-0.15, -0.1) is 0 Å². The summed E-state index contributed by atoms with van der Waals surface area (Å²) in [6, 6.07) is 8.09. The molecule has 2 aromatic rings. The molecule has 2 heterocycles. The first kappa shape index (κ1) is 12.6. The Kier molecular flexibility index (Phi) is 2.84. The maximum Gasteiger partial charge on any atom is 0.280 e. The molecule has 1 unspecified atom stereocenters. The SMILES string of the molecule is CC1CCc2onc(C(=O)N3CCc4ccccc43)c2C1. The van der Waals surface area contributed by atoms with Gasteiger partial charge in [-0.3, -0.25) is 4.79 Å². The molecule has 0 radical (unpaired) electrons. The zero-order chi connectivity index (χ0) is 14.4. The van der Waals surface area contributed by atoms with Crippen LogP contribution in [-0.4, -0.2) is 17.6 Å². The average molecular weight is 282 g/mol. The monoisotopic (exact) mass is 282 g/mol. The molecule has 4 heteroatoms. The molecule has 1 amide bonds. The van der Waals surface area contributed by atoms with E-state index >= 15 is 0 Å². The van der Waals surface area contributed by atoms with Crippen molar-refractivity contribution in [3.63, 3.8) is 0 Å². The van der Waals surface area contributed by atoms with Gasteiger partial charge in [0, 0.05) is 24.2 Å². The minimum atomic E-state index is -0.0148. The Balaban J connectivity index is 1.69. The molecular formula is C17H18N2O2. The number of hydrogen-bond donors (Lipinski definition) is 0. The first-order chi connectivity index (χ1) is 10.2. The topological polar surface area (TPSA) is 46.3 Å². The minimum Gasteiger partial charge on any atom is -0.360 e. The van der Waals surface area contributed by atoms with E-state index in [2.05, 4.69) is 18.1 Å². The molecule has 21 heavy (non-hydrogen) atoms. The van der Waals surface area contributed by atoms with Crippen LogP contribution in [0.1, 0.15) is 40.7 Å². The van der Waals surface area contributed by atoms with Crippen LogP contribution in [0.3, 0.4) is 0 Å². The lowest BCUT2D eigenvalue weighted by atomic mass is 9.88. The molecule has 1 aliphatic heterocycles. The largest absolute Gasteiger partial charge is 0.360 e. The average Bonchev–Trinajstić information content (AvgIpc) is 3.10. The van der Waals surface area contributed by atoms with E-state index in [-0.39, 0.29) is 5.91 Å². The maximum absolute atomic E-state index is 12.9. The third-order valence-corrected chi connectivity index (χ3v) is 4.62. The van der Waals surface area contributed by atoms with Crippen LogP contribution >= 0.6 is 0 Å². The zero-order valence-corrected chi connectivity index (χ0v) is 12.1. The highest BCUT2D eigenvalue weighted by atomic mass is 16.5. The normalized spacial score (nSPS) is 20.2. The van der Waals surface area contributed by atoms with Gasteiger partial charge in [-0.1, -0.05) is 30.3 Å². The third kappa shape index (κ3) is 1.97. The van der Waals surface area contributed by atoms with Gasteiger partial charge in [-0.05, 0) is 36.8 Å². The van der Waals surface area contributed by atoms with Crippen LogP contribution in [0.25, 0.3) is 0 Å². The highest BCUT2D eigenvalue weighted by Gasteiger charge is 2.32. The number of anilines is 1. The molecule has 2 aliphatic rings. The molecule has 4 rings (SSSR count). The second kappa shape index (κ2) is 4.72. The highest BCUT2D eigenvalue weighted by molar-refractivity contribution is 6.07. The summed E-state index contributed by atoms with van der Waals surface area (Å²) in [7, 11) is 0. The van der Waals surface area contributed by atoms with Gasteiger partial charge in [0.05, 0.1) is 0 Å². The van der Waals surface area contributed by atoms with Crippen molar-refractivity contribution in [2.45, 2.75) is 32.6 Å². The molecule has 0 N–H and O–H groups in total. The van der Waals surface area contributed by atoms with Crippen LogP contribution in [0.5, 0.6) is 0 Å². The number of carbonyl (C=O) groups excluding carboxylic acids is 1. The summed E-state index contributed by atoms with van der Waals surface area (Å²) in [6.07, 6.45) is 3.82. The third-order valence-electron chi connectivity index (χ3n) is 4.62. The fraction of sp³-hybridized carbons (Fsp3) is 0.412. The number of carbonyl (C=O) groups is 1. The summed E-state index contributed by atoms with van der Waals surface area (Å²) in [5.41, 5.74) is 3.80. The second-order valence-corrected chi connectivity index (χ2v) is 6.12. The number of amides is 1. The molecule has 1 aromatic carbocycles. The predicted octanol–water partition coefficient (Wildman–Crippen LogP) is 3.00. The van der Waals surface area contributed by atoms with Crippen molar-refractivity contribution in [3.05, 3.63) is 46.8 Å². The fourth-order valence-electron chi connectivity index (χ4n) is 3.42. The van der Waals surface area contributed by atoms with Gasteiger partial charge < -0.3 is 9.42 Å². The number of aromatic nitrogens is 1.